The van der Waals surface area contributed by atoms with Crippen LogP contribution in [0.5, 0.6) is 0 Å². The first-order chi connectivity index (χ1) is 47.3. The van der Waals surface area contributed by atoms with Crippen LogP contribution in [-0.4, -0.2) is 96.7 Å². The lowest BCUT2D eigenvalue weighted by atomic mass is 9.99. The molecule has 582 valence electrons. The van der Waals surface area contributed by atoms with Gasteiger partial charge in [0.1, 0.15) is 19.3 Å². The minimum atomic E-state index is -4.96. The smallest absolute Gasteiger partial charge is 0.462 e. The summed E-state index contributed by atoms with van der Waals surface area (Å²) in [6, 6.07) is 0. The Bertz CT molecular complexity index is 1910. The van der Waals surface area contributed by atoms with Crippen LogP contribution in [-0.2, 0) is 65.4 Å². The predicted molar refractivity (Wildman–Crippen MR) is 400 cm³/mol. The van der Waals surface area contributed by atoms with Crippen LogP contribution in [0.25, 0.3) is 0 Å². The second kappa shape index (κ2) is 69.4. The zero-order chi connectivity index (χ0) is 72.3. The summed E-state index contributed by atoms with van der Waals surface area (Å²) in [5, 5.41) is 10.6. The molecule has 0 fully saturated rings. The van der Waals surface area contributed by atoms with Crippen LogP contribution in [0.3, 0.4) is 0 Å². The summed E-state index contributed by atoms with van der Waals surface area (Å²) in [5.74, 6) is 0.174. The highest BCUT2D eigenvalue weighted by atomic mass is 31.2. The monoisotopic (exact) mass is 1440 g/mol. The van der Waals surface area contributed by atoms with E-state index in [0.717, 1.165) is 108 Å². The van der Waals surface area contributed by atoms with E-state index in [1.807, 2.05) is 0 Å². The maximum absolute atomic E-state index is 13.1. The first-order valence-electron chi connectivity index (χ1n) is 40.9. The van der Waals surface area contributed by atoms with Crippen molar-refractivity contribution < 1.29 is 80.2 Å². The van der Waals surface area contributed by atoms with Gasteiger partial charge in [0.2, 0.25) is 0 Å². The molecule has 7 atom stereocenters. The predicted octanol–water partition coefficient (Wildman–Crippen LogP) is 23.4. The third kappa shape index (κ3) is 69.8. The molecule has 17 nitrogen and oxygen atoms in total. The van der Waals surface area contributed by atoms with E-state index in [9.17, 15) is 43.2 Å². The number of unbranched alkanes of at least 4 members (excludes halogenated alkanes) is 43. The second-order valence-corrected chi connectivity index (χ2v) is 32.3. The number of carbonyl (C=O) groups excluding carboxylic acids is 4. The van der Waals surface area contributed by atoms with E-state index in [2.05, 4.69) is 48.5 Å². The number of hydrogen-bond acceptors (Lipinski definition) is 15. The van der Waals surface area contributed by atoms with Gasteiger partial charge in [-0.05, 0) is 43.4 Å². The minimum Gasteiger partial charge on any atom is -0.462 e. The van der Waals surface area contributed by atoms with Crippen LogP contribution in [0.15, 0.2) is 0 Å². The highest BCUT2D eigenvalue weighted by Crippen LogP contribution is 2.45. The Morgan fingerprint density at radius 1 is 0.296 bits per heavy atom. The molecule has 98 heavy (non-hydrogen) atoms. The van der Waals surface area contributed by atoms with E-state index < -0.39 is 97.5 Å². The van der Waals surface area contributed by atoms with E-state index in [1.165, 1.54) is 212 Å². The molecule has 0 amide bonds. The molecule has 19 heteroatoms. The fourth-order valence-electron chi connectivity index (χ4n) is 12.1. The average molecular weight is 1440 g/mol. The SMILES string of the molecule is CCCCCCCCCCCCCCCCCCCCCCCC(=O)O[C@H](COC(=O)CCCCCCCCCCCCC(C)CC)COP(=O)(O)OC[C@@H](O)COP(=O)(O)OC[C@@H](COC(=O)CCCCCCCCC(C)C)OC(=O)CCCCCCCCCCCCC(C)CC. The number of rotatable bonds is 77. The molecule has 0 aliphatic rings. The van der Waals surface area contributed by atoms with E-state index in [4.69, 9.17) is 37.0 Å². The molecule has 0 spiro atoms. The summed E-state index contributed by atoms with van der Waals surface area (Å²) in [5.41, 5.74) is 0. The van der Waals surface area contributed by atoms with Crippen molar-refractivity contribution >= 4 is 39.5 Å². The number of aliphatic hydroxyl groups excluding tert-OH is 1. The summed E-state index contributed by atoms with van der Waals surface area (Å²) < 4.78 is 68.6. The number of aliphatic hydroxyl groups is 1. The quantitative estimate of drug-likeness (QED) is 0.0222. The van der Waals surface area contributed by atoms with Crippen molar-refractivity contribution in [2.75, 3.05) is 39.6 Å². The van der Waals surface area contributed by atoms with Crippen LogP contribution in [0.1, 0.15) is 408 Å². The molecule has 3 N–H and O–H groups in total. The number of carbonyl (C=O) groups is 4. The van der Waals surface area contributed by atoms with Crippen molar-refractivity contribution in [2.45, 2.75) is 426 Å². The lowest BCUT2D eigenvalue weighted by Crippen LogP contribution is -2.30. The molecule has 0 aliphatic heterocycles. The molecule has 0 aliphatic carbocycles. The summed E-state index contributed by atoms with van der Waals surface area (Å²) in [7, 11) is -9.92. The van der Waals surface area contributed by atoms with E-state index >= 15 is 0 Å². The zero-order valence-electron chi connectivity index (χ0n) is 64.3. The Balaban J connectivity index is 5.21. The van der Waals surface area contributed by atoms with Gasteiger partial charge in [-0.15, -0.1) is 0 Å². The molecule has 0 saturated heterocycles. The molecule has 0 aromatic carbocycles. The van der Waals surface area contributed by atoms with Crippen molar-refractivity contribution in [2.24, 2.45) is 17.8 Å². The number of phosphoric acid groups is 2. The molecular formula is C79H154O17P2. The average Bonchev–Trinajstić information content (AvgIpc) is 1.12. The van der Waals surface area contributed by atoms with Crippen molar-refractivity contribution in [3.63, 3.8) is 0 Å². The third-order valence-corrected chi connectivity index (χ3v) is 21.0. The summed E-state index contributed by atoms with van der Waals surface area (Å²) in [6.07, 6.45) is 57.0. The standard InChI is InChI=1S/C79H154O17P2/c1-8-11-12-13-14-15-16-17-18-19-20-21-22-23-24-25-26-34-39-48-55-62-78(83)95-74(66-89-76(81)60-53-46-38-33-29-27-31-36-44-51-58-71(6)9-2)68-93-97(85,86)91-64-73(80)65-92-98(87,88)94-69-75(67-90-77(82)61-54-47-42-41-43-50-57-70(4)5)96-79(84)63-56-49-40-35-30-28-32-37-45-52-59-72(7)10-3/h70-75,80H,8-69H2,1-7H3,(H,85,86)(H,87,88)/t71?,72?,73-,74-,75-/m1/s1. The maximum atomic E-state index is 13.1. The molecule has 0 rings (SSSR count). The Kier molecular flexibility index (Phi) is 68.1. The Morgan fingerprint density at radius 3 is 0.776 bits per heavy atom. The third-order valence-electron chi connectivity index (χ3n) is 19.1. The highest BCUT2D eigenvalue weighted by Gasteiger charge is 2.30. The van der Waals surface area contributed by atoms with Gasteiger partial charge in [0.15, 0.2) is 12.2 Å². The van der Waals surface area contributed by atoms with Crippen LogP contribution >= 0.6 is 15.6 Å². The van der Waals surface area contributed by atoms with Gasteiger partial charge in [-0.25, -0.2) is 9.13 Å². The topological polar surface area (TPSA) is 237 Å². The van der Waals surface area contributed by atoms with Gasteiger partial charge in [-0.3, -0.25) is 37.3 Å². The molecule has 0 saturated carbocycles. The fourth-order valence-corrected chi connectivity index (χ4v) is 13.6. The molecular weight excluding hydrogens is 1280 g/mol. The first kappa shape index (κ1) is 96.1. The van der Waals surface area contributed by atoms with Crippen molar-refractivity contribution in [3.05, 3.63) is 0 Å². The van der Waals surface area contributed by atoms with Gasteiger partial charge in [0, 0.05) is 25.7 Å². The van der Waals surface area contributed by atoms with Gasteiger partial charge in [0.05, 0.1) is 26.4 Å². The fraction of sp³-hybridized carbons (Fsp3) is 0.949. The van der Waals surface area contributed by atoms with Crippen LogP contribution in [0.4, 0.5) is 0 Å². The summed E-state index contributed by atoms with van der Waals surface area (Å²) in [6.45, 7) is 11.9. The van der Waals surface area contributed by atoms with Crippen molar-refractivity contribution in [1.29, 1.82) is 0 Å². The minimum absolute atomic E-state index is 0.105. The number of esters is 4. The molecule has 0 radical (unpaired) electrons. The van der Waals surface area contributed by atoms with Crippen molar-refractivity contribution in [1.82, 2.24) is 0 Å². The summed E-state index contributed by atoms with van der Waals surface area (Å²) >= 11 is 0. The lowest BCUT2D eigenvalue weighted by molar-refractivity contribution is -0.161. The molecule has 0 heterocycles. The van der Waals surface area contributed by atoms with Gasteiger partial charge >= 0.3 is 39.5 Å². The zero-order valence-corrected chi connectivity index (χ0v) is 66.0. The van der Waals surface area contributed by atoms with Crippen LogP contribution in [0, 0.1) is 17.8 Å². The molecule has 0 aromatic rings. The maximum Gasteiger partial charge on any atom is 0.472 e. The van der Waals surface area contributed by atoms with Gasteiger partial charge < -0.3 is 33.8 Å². The highest BCUT2D eigenvalue weighted by molar-refractivity contribution is 7.47. The Labute approximate surface area is 600 Å². The first-order valence-corrected chi connectivity index (χ1v) is 43.9. The van der Waals surface area contributed by atoms with E-state index in [0.29, 0.717) is 31.6 Å². The van der Waals surface area contributed by atoms with Crippen LogP contribution < -0.4 is 0 Å². The van der Waals surface area contributed by atoms with Gasteiger partial charge in [-0.2, -0.15) is 0 Å². The van der Waals surface area contributed by atoms with E-state index in [1.54, 1.807) is 0 Å². The van der Waals surface area contributed by atoms with Gasteiger partial charge in [-0.1, -0.05) is 357 Å². The molecule has 0 aromatic heterocycles. The second-order valence-electron chi connectivity index (χ2n) is 29.4. The number of phosphoric ester groups is 2. The van der Waals surface area contributed by atoms with Crippen molar-refractivity contribution in [3.8, 4) is 0 Å². The number of ether oxygens (including phenoxy) is 4. The normalized spacial score (nSPS) is 14.6. The Hall–Kier alpha value is -1.94. The van der Waals surface area contributed by atoms with Crippen LogP contribution in [0.2, 0.25) is 0 Å². The summed E-state index contributed by atoms with van der Waals surface area (Å²) in [4.78, 5) is 72.9. The van der Waals surface area contributed by atoms with Gasteiger partial charge in [0.25, 0.3) is 0 Å². The number of hydrogen-bond donors (Lipinski definition) is 3. The van der Waals surface area contributed by atoms with E-state index in [-0.39, 0.29) is 25.7 Å². The molecule has 4 unspecified atom stereocenters. The lowest BCUT2D eigenvalue weighted by Gasteiger charge is -2.21. The molecule has 0 bridgehead atoms. The largest absolute Gasteiger partial charge is 0.472 e. The Morgan fingerprint density at radius 2 is 0.520 bits per heavy atom.